The van der Waals surface area contributed by atoms with Crippen molar-refractivity contribution in [3.05, 3.63) is 65.5 Å². The zero-order chi connectivity index (χ0) is 17.3. The van der Waals surface area contributed by atoms with E-state index in [2.05, 4.69) is 0 Å². The fourth-order valence-corrected chi connectivity index (χ4v) is 4.45. The van der Waals surface area contributed by atoms with Gasteiger partial charge in [-0.05, 0) is 32.2 Å². The molecule has 1 fully saturated rings. The Labute approximate surface area is 142 Å². The first-order valence-corrected chi connectivity index (χ1v) is 9.35. The Hall–Kier alpha value is -1.76. The lowest BCUT2D eigenvalue weighted by Gasteiger charge is -2.39. The number of rotatable bonds is 3. The van der Waals surface area contributed by atoms with Gasteiger partial charge in [0.2, 0.25) is 10.0 Å². The maximum atomic E-state index is 14.1. The average molecular weight is 348 g/mol. The minimum atomic E-state index is -3.57. The third kappa shape index (κ3) is 3.22. The molecule has 0 saturated carbocycles. The summed E-state index contributed by atoms with van der Waals surface area (Å²) in [5, 5.41) is 0. The van der Waals surface area contributed by atoms with Crippen molar-refractivity contribution in [3.63, 3.8) is 0 Å². The Morgan fingerprint density at radius 1 is 1.04 bits per heavy atom. The zero-order valence-electron chi connectivity index (χ0n) is 13.8. The maximum absolute atomic E-state index is 14.1. The smallest absolute Gasteiger partial charge is 0.243 e. The predicted octanol–water partition coefficient (Wildman–Crippen LogP) is 2.81. The molecule has 2 aromatic rings. The number of benzene rings is 2. The molecule has 0 N–H and O–H groups in total. The van der Waals surface area contributed by atoms with Crippen LogP contribution in [0.15, 0.2) is 53.4 Å². The summed E-state index contributed by atoms with van der Waals surface area (Å²) in [7, 11) is -1.68. The molecule has 24 heavy (non-hydrogen) atoms. The molecule has 1 unspecified atom stereocenters. The highest BCUT2D eigenvalue weighted by Gasteiger charge is 2.34. The van der Waals surface area contributed by atoms with E-state index in [1.54, 1.807) is 42.5 Å². The molecule has 4 nitrogen and oxygen atoms in total. The Morgan fingerprint density at radius 2 is 1.71 bits per heavy atom. The minimum absolute atomic E-state index is 0.244. The molecule has 0 aliphatic carbocycles. The van der Waals surface area contributed by atoms with Crippen LogP contribution in [0.1, 0.15) is 17.2 Å². The molecule has 128 valence electrons. The largest absolute Gasteiger partial charge is 0.297 e. The van der Waals surface area contributed by atoms with Gasteiger partial charge in [0.15, 0.2) is 0 Å². The summed E-state index contributed by atoms with van der Waals surface area (Å²) < 4.78 is 41.4. The number of likely N-dealkylation sites (N-methyl/N-ethyl adjacent to an activating group) is 1. The summed E-state index contributed by atoms with van der Waals surface area (Å²) in [6.45, 7) is 3.12. The highest BCUT2D eigenvalue weighted by Crippen LogP contribution is 2.29. The lowest BCUT2D eigenvalue weighted by Crippen LogP contribution is -2.49. The van der Waals surface area contributed by atoms with Crippen LogP contribution in [-0.2, 0) is 10.0 Å². The summed E-state index contributed by atoms with van der Waals surface area (Å²) in [5.41, 5.74) is 1.54. The molecule has 6 heteroatoms. The predicted molar refractivity (Wildman–Crippen MR) is 91.7 cm³/mol. The van der Waals surface area contributed by atoms with Crippen molar-refractivity contribution in [1.82, 2.24) is 9.21 Å². The van der Waals surface area contributed by atoms with Gasteiger partial charge in [-0.25, -0.2) is 12.8 Å². The number of nitrogens with zero attached hydrogens (tertiary/aromatic N) is 2. The van der Waals surface area contributed by atoms with Gasteiger partial charge >= 0.3 is 0 Å². The summed E-state index contributed by atoms with van der Waals surface area (Å²) in [6, 6.07) is 13.1. The van der Waals surface area contributed by atoms with E-state index in [9.17, 15) is 12.8 Å². The second kappa shape index (κ2) is 6.63. The van der Waals surface area contributed by atoms with E-state index in [1.807, 2.05) is 18.9 Å². The summed E-state index contributed by atoms with van der Waals surface area (Å²) in [4.78, 5) is 2.28. The average Bonchev–Trinajstić information content (AvgIpc) is 2.56. The van der Waals surface area contributed by atoms with E-state index in [0.717, 1.165) is 5.56 Å². The van der Waals surface area contributed by atoms with Crippen LogP contribution >= 0.6 is 0 Å². The van der Waals surface area contributed by atoms with Crippen molar-refractivity contribution in [2.75, 3.05) is 26.7 Å². The quantitative estimate of drug-likeness (QED) is 0.856. The fraction of sp³-hybridized carbons (Fsp3) is 0.333. The molecule has 0 aromatic heterocycles. The van der Waals surface area contributed by atoms with Crippen molar-refractivity contribution in [1.29, 1.82) is 0 Å². The molecule has 0 spiro atoms. The summed E-state index contributed by atoms with van der Waals surface area (Å²) in [5.74, 6) is -0.302. The van der Waals surface area contributed by atoms with E-state index in [0.29, 0.717) is 18.7 Å². The van der Waals surface area contributed by atoms with Gasteiger partial charge in [-0.15, -0.1) is 0 Å². The van der Waals surface area contributed by atoms with Gasteiger partial charge in [-0.3, -0.25) is 4.90 Å². The number of aryl methyl sites for hydroxylation is 1. The molecule has 1 atom stereocenters. The zero-order valence-corrected chi connectivity index (χ0v) is 14.6. The first-order valence-electron chi connectivity index (χ1n) is 7.91. The van der Waals surface area contributed by atoms with Crippen molar-refractivity contribution in [2.24, 2.45) is 0 Å². The lowest BCUT2D eigenvalue weighted by atomic mass is 10.0. The van der Waals surface area contributed by atoms with Gasteiger partial charge < -0.3 is 0 Å². The number of halogens is 1. The monoisotopic (exact) mass is 348 g/mol. The minimum Gasteiger partial charge on any atom is -0.297 e. The van der Waals surface area contributed by atoms with E-state index in [4.69, 9.17) is 0 Å². The molecule has 1 aliphatic heterocycles. The molecular formula is C18H21FN2O2S. The van der Waals surface area contributed by atoms with Crippen molar-refractivity contribution >= 4 is 10.0 Å². The maximum Gasteiger partial charge on any atom is 0.243 e. The van der Waals surface area contributed by atoms with Crippen LogP contribution in [0, 0.1) is 12.7 Å². The summed E-state index contributed by atoms with van der Waals surface area (Å²) >= 11 is 0. The number of piperazine rings is 1. The third-order valence-corrected chi connectivity index (χ3v) is 6.41. The number of hydrogen-bond acceptors (Lipinski definition) is 3. The Bertz CT molecular complexity index is 821. The number of sulfonamides is 1. The molecule has 2 aromatic carbocycles. The molecule has 1 saturated heterocycles. The van der Waals surface area contributed by atoms with Crippen molar-refractivity contribution in [2.45, 2.75) is 17.9 Å². The standard InChI is InChI=1S/C18H21FN2O2S/c1-14-7-9-15(10-8-14)24(22,23)21-12-11-20(2)18(13-21)16-5-3-4-6-17(16)19/h3-10,18H,11-13H2,1-2H3. The Morgan fingerprint density at radius 3 is 2.38 bits per heavy atom. The molecule has 0 bridgehead atoms. The third-order valence-electron chi connectivity index (χ3n) is 4.53. The Balaban J connectivity index is 1.90. The molecule has 0 radical (unpaired) electrons. The van der Waals surface area contributed by atoms with Crippen LogP contribution in [0.3, 0.4) is 0 Å². The van der Waals surface area contributed by atoms with E-state index < -0.39 is 10.0 Å². The van der Waals surface area contributed by atoms with Crippen LogP contribution in [0.4, 0.5) is 4.39 Å². The van der Waals surface area contributed by atoms with Gasteiger partial charge in [0.05, 0.1) is 10.9 Å². The van der Waals surface area contributed by atoms with Crippen LogP contribution in [0.25, 0.3) is 0 Å². The highest BCUT2D eigenvalue weighted by atomic mass is 32.2. The van der Waals surface area contributed by atoms with Crippen LogP contribution in [0.2, 0.25) is 0 Å². The fourth-order valence-electron chi connectivity index (χ4n) is 3.01. The van der Waals surface area contributed by atoms with Crippen LogP contribution < -0.4 is 0 Å². The molecule has 3 rings (SSSR count). The summed E-state index contributed by atoms with van der Waals surface area (Å²) in [6.07, 6.45) is 0. The lowest BCUT2D eigenvalue weighted by molar-refractivity contribution is 0.145. The van der Waals surface area contributed by atoms with Crippen LogP contribution in [-0.4, -0.2) is 44.3 Å². The van der Waals surface area contributed by atoms with Gasteiger partial charge in [0.25, 0.3) is 0 Å². The van der Waals surface area contributed by atoms with E-state index >= 15 is 0 Å². The first kappa shape index (κ1) is 17.1. The Kier molecular flexibility index (Phi) is 4.71. The number of hydrogen-bond donors (Lipinski definition) is 0. The van der Waals surface area contributed by atoms with E-state index in [-0.39, 0.29) is 23.3 Å². The highest BCUT2D eigenvalue weighted by molar-refractivity contribution is 7.89. The molecule has 1 heterocycles. The van der Waals surface area contributed by atoms with Gasteiger partial charge in [0, 0.05) is 25.2 Å². The SMILES string of the molecule is Cc1ccc(S(=O)(=O)N2CCN(C)C(c3ccccc3F)C2)cc1. The van der Waals surface area contributed by atoms with E-state index in [1.165, 1.54) is 10.4 Å². The second-order valence-corrected chi connectivity index (χ2v) is 8.13. The molecule has 1 aliphatic rings. The van der Waals surface area contributed by atoms with Gasteiger partial charge in [-0.2, -0.15) is 4.31 Å². The molecule has 0 amide bonds. The first-order chi connectivity index (χ1) is 11.4. The normalized spacial score (nSPS) is 20.2. The van der Waals surface area contributed by atoms with Crippen molar-refractivity contribution in [3.8, 4) is 0 Å². The van der Waals surface area contributed by atoms with Crippen LogP contribution in [0.5, 0.6) is 0 Å². The second-order valence-electron chi connectivity index (χ2n) is 6.19. The topological polar surface area (TPSA) is 40.6 Å². The van der Waals surface area contributed by atoms with Crippen molar-refractivity contribution < 1.29 is 12.8 Å². The van der Waals surface area contributed by atoms with Gasteiger partial charge in [-0.1, -0.05) is 35.9 Å². The molecular weight excluding hydrogens is 327 g/mol. The van der Waals surface area contributed by atoms with Gasteiger partial charge in [0.1, 0.15) is 5.82 Å².